The second kappa shape index (κ2) is 6.03. The lowest BCUT2D eigenvalue weighted by Crippen LogP contribution is -2.36. The molecule has 2 aliphatic heterocycles. The Hall–Kier alpha value is -0.910. The first-order chi connectivity index (χ1) is 9.12. The van der Waals surface area contributed by atoms with Crippen molar-refractivity contribution in [2.75, 3.05) is 6.61 Å². The third-order valence-electron chi connectivity index (χ3n) is 3.75. The molecule has 0 aromatic heterocycles. The number of esters is 1. The maximum Gasteiger partial charge on any atom is 0.330 e. The summed E-state index contributed by atoms with van der Waals surface area (Å²) >= 11 is 0. The van der Waals surface area contributed by atoms with Gasteiger partial charge in [0.2, 0.25) is 0 Å². The van der Waals surface area contributed by atoms with Crippen LogP contribution in [0.15, 0.2) is 12.7 Å². The van der Waals surface area contributed by atoms with Crippen molar-refractivity contribution in [2.24, 2.45) is 0 Å². The van der Waals surface area contributed by atoms with Crippen LogP contribution >= 0.6 is 0 Å². The summed E-state index contributed by atoms with van der Waals surface area (Å²) in [4.78, 5) is 11.3. The normalized spacial score (nSPS) is 35.5. The topological polar surface area (TPSA) is 54.0 Å². The largest absolute Gasteiger partial charge is 0.456 e. The first-order valence-electron chi connectivity index (χ1n) is 6.92. The van der Waals surface area contributed by atoms with Gasteiger partial charge in [-0.3, -0.25) is 0 Å². The number of carbonyl (C=O) groups excluding carboxylic acids is 1. The monoisotopic (exact) mass is 270 g/mol. The maximum absolute atomic E-state index is 11.3. The molecule has 2 bridgehead atoms. The van der Waals surface area contributed by atoms with Gasteiger partial charge in [0.25, 0.3) is 0 Å². The van der Waals surface area contributed by atoms with Crippen LogP contribution in [0.3, 0.4) is 0 Å². The Morgan fingerprint density at radius 1 is 1.58 bits per heavy atom. The molecule has 0 aromatic rings. The summed E-state index contributed by atoms with van der Waals surface area (Å²) in [6, 6.07) is 0. The minimum atomic E-state index is -0.514. The SMILES string of the molecule is C=CC(=O)OC(CC)C1CCC2(CC)OCC(O1)O2. The summed E-state index contributed by atoms with van der Waals surface area (Å²) in [5, 5.41) is 0. The molecule has 2 heterocycles. The summed E-state index contributed by atoms with van der Waals surface area (Å²) in [6.45, 7) is 7.87. The second-order valence-electron chi connectivity index (χ2n) is 4.92. The average molecular weight is 270 g/mol. The highest BCUT2D eigenvalue weighted by Crippen LogP contribution is 2.37. The lowest BCUT2D eigenvalue weighted by Gasteiger charge is -2.28. The van der Waals surface area contributed by atoms with Crippen molar-refractivity contribution in [1.82, 2.24) is 0 Å². The molecular formula is C14H22O5. The molecule has 0 N–H and O–H groups in total. The van der Waals surface area contributed by atoms with E-state index < -0.39 is 11.8 Å². The Labute approximate surface area is 113 Å². The lowest BCUT2D eigenvalue weighted by molar-refractivity contribution is -0.210. The zero-order chi connectivity index (χ0) is 13.9. The van der Waals surface area contributed by atoms with E-state index in [1.165, 1.54) is 6.08 Å². The van der Waals surface area contributed by atoms with Crippen LogP contribution in [0, 0.1) is 0 Å². The van der Waals surface area contributed by atoms with E-state index in [-0.39, 0.29) is 18.5 Å². The standard InChI is InChI=1S/C14H22O5/c1-4-10(17-12(15)5-2)11-7-8-14(6-3)16-9-13(18-11)19-14/h5,10-11,13H,2,4,6-9H2,1,3H3. The van der Waals surface area contributed by atoms with E-state index in [9.17, 15) is 4.79 Å². The van der Waals surface area contributed by atoms with Crippen molar-refractivity contribution in [1.29, 1.82) is 0 Å². The third-order valence-corrected chi connectivity index (χ3v) is 3.75. The molecule has 2 fully saturated rings. The first kappa shape index (κ1) is 14.5. The minimum Gasteiger partial charge on any atom is -0.456 e. The summed E-state index contributed by atoms with van der Waals surface area (Å²) in [7, 11) is 0. The minimum absolute atomic E-state index is 0.142. The van der Waals surface area contributed by atoms with Gasteiger partial charge < -0.3 is 18.9 Å². The molecule has 2 saturated heterocycles. The first-order valence-corrected chi connectivity index (χ1v) is 6.92. The lowest BCUT2D eigenvalue weighted by atomic mass is 10.0. The van der Waals surface area contributed by atoms with E-state index in [1.54, 1.807) is 0 Å². The van der Waals surface area contributed by atoms with Gasteiger partial charge in [-0.25, -0.2) is 4.79 Å². The third kappa shape index (κ3) is 3.16. The van der Waals surface area contributed by atoms with E-state index in [0.29, 0.717) is 13.0 Å². The summed E-state index contributed by atoms with van der Waals surface area (Å²) in [5.74, 6) is -0.924. The number of carbonyl (C=O) groups is 1. The van der Waals surface area contributed by atoms with Crippen LogP contribution in [0.4, 0.5) is 0 Å². The Balaban J connectivity index is 2.01. The van der Waals surface area contributed by atoms with Gasteiger partial charge in [-0.1, -0.05) is 20.4 Å². The van der Waals surface area contributed by atoms with Crippen molar-refractivity contribution in [3.05, 3.63) is 12.7 Å². The molecule has 0 aromatic carbocycles. The smallest absolute Gasteiger partial charge is 0.330 e. The zero-order valence-electron chi connectivity index (χ0n) is 11.6. The van der Waals surface area contributed by atoms with E-state index >= 15 is 0 Å². The van der Waals surface area contributed by atoms with Gasteiger partial charge in [-0.2, -0.15) is 0 Å². The Morgan fingerprint density at radius 3 is 3.00 bits per heavy atom. The van der Waals surface area contributed by atoms with Crippen LogP contribution in [0.5, 0.6) is 0 Å². The number of fused-ring (bicyclic) bond motifs is 2. The quantitative estimate of drug-likeness (QED) is 0.566. The summed E-state index contributed by atoms with van der Waals surface area (Å²) in [5.41, 5.74) is 0. The number of rotatable bonds is 5. The average Bonchev–Trinajstić information content (AvgIpc) is 2.73. The molecule has 0 radical (unpaired) electrons. The van der Waals surface area contributed by atoms with E-state index in [0.717, 1.165) is 19.3 Å². The van der Waals surface area contributed by atoms with Gasteiger partial charge in [-0.05, 0) is 19.3 Å². The predicted octanol–water partition coefficient (Wildman–Crippen LogP) is 2.15. The molecule has 19 heavy (non-hydrogen) atoms. The van der Waals surface area contributed by atoms with Crippen molar-refractivity contribution < 1.29 is 23.7 Å². The molecule has 4 atom stereocenters. The van der Waals surface area contributed by atoms with Crippen LogP contribution in [-0.4, -0.2) is 36.9 Å². The molecular weight excluding hydrogens is 248 g/mol. The van der Waals surface area contributed by atoms with Crippen molar-refractivity contribution in [2.45, 2.75) is 63.8 Å². The Kier molecular flexibility index (Phi) is 4.60. The fraction of sp³-hybridized carbons (Fsp3) is 0.786. The molecule has 5 heteroatoms. The van der Waals surface area contributed by atoms with E-state index in [1.807, 2.05) is 13.8 Å². The molecule has 108 valence electrons. The van der Waals surface area contributed by atoms with Crippen molar-refractivity contribution in [3.63, 3.8) is 0 Å². The van der Waals surface area contributed by atoms with Crippen LogP contribution in [0.1, 0.15) is 39.5 Å². The molecule has 0 amide bonds. The van der Waals surface area contributed by atoms with Gasteiger partial charge >= 0.3 is 5.97 Å². The molecule has 0 aliphatic carbocycles. The molecule has 0 saturated carbocycles. The number of hydrogen-bond acceptors (Lipinski definition) is 5. The Bertz CT molecular complexity index is 343. The molecule has 2 aliphatic rings. The number of hydrogen-bond donors (Lipinski definition) is 0. The molecule has 4 unspecified atom stereocenters. The molecule has 5 nitrogen and oxygen atoms in total. The highest BCUT2D eigenvalue weighted by atomic mass is 16.8. The summed E-state index contributed by atoms with van der Waals surface area (Å²) in [6.07, 6.45) is 3.43. The van der Waals surface area contributed by atoms with Crippen LogP contribution in [0.2, 0.25) is 0 Å². The van der Waals surface area contributed by atoms with Crippen LogP contribution in [-0.2, 0) is 23.7 Å². The van der Waals surface area contributed by atoms with Crippen molar-refractivity contribution in [3.8, 4) is 0 Å². The second-order valence-corrected chi connectivity index (χ2v) is 4.92. The van der Waals surface area contributed by atoms with Crippen LogP contribution in [0.25, 0.3) is 0 Å². The summed E-state index contributed by atoms with van der Waals surface area (Å²) < 4.78 is 22.7. The molecule has 0 spiro atoms. The van der Waals surface area contributed by atoms with Crippen molar-refractivity contribution >= 4 is 5.97 Å². The fourth-order valence-corrected chi connectivity index (χ4v) is 2.61. The van der Waals surface area contributed by atoms with Crippen LogP contribution < -0.4 is 0 Å². The maximum atomic E-state index is 11.3. The van der Waals surface area contributed by atoms with Gasteiger partial charge in [0, 0.05) is 12.5 Å². The van der Waals surface area contributed by atoms with E-state index in [2.05, 4.69) is 6.58 Å². The van der Waals surface area contributed by atoms with Gasteiger partial charge in [0.05, 0.1) is 6.10 Å². The van der Waals surface area contributed by atoms with Gasteiger partial charge in [0.15, 0.2) is 12.1 Å². The van der Waals surface area contributed by atoms with Gasteiger partial charge in [-0.15, -0.1) is 0 Å². The fourth-order valence-electron chi connectivity index (χ4n) is 2.61. The highest BCUT2D eigenvalue weighted by molar-refractivity contribution is 5.81. The highest BCUT2D eigenvalue weighted by Gasteiger charge is 2.46. The predicted molar refractivity (Wildman–Crippen MR) is 68.3 cm³/mol. The number of ether oxygens (including phenoxy) is 4. The van der Waals surface area contributed by atoms with E-state index in [4.69, 9.17) is 18.9 Å². The van der Waals surface area contributed by atoms with Gasteiger partial charge in [0.1, 0.15) is 12.7 Å². The molecule has 2 rings (SSSR count). The Morgan fingerprint density at radius 2 is 2.37 bits per heavy atom. The zero-order valence-corrected chi connectivity index (χ0v) is 11.6.